The summed E-state index contributed by atoms with van der Waals surface area (Å²) in [6.45, 7) is 25.4. The maximum Gasteiger partial charge on any atom is 0.306 e. The van der Waals surface area contributed by atoms with E-state index in [4.69, 9.17) is 4.74 Å². The van der Waals surface area contributed by atoms with E-state index in [1.165, 1.54) is 165 Å². The number of nitrogens with zero attached hydrogens (tertiary/aromatic N) is 2. The van der Waals surface area contributed by atoms with Crippen molar-refractivity contribution in [3.8, 4) is 0 Å². The van der Waals surface area contributed by atoms with Gasteiger partial charge in [0.05, 0.1) is 0 Å². The largest absolute Gasteiger partial charge is 0.461 e. The molecule has 0 unspecified atom stereocenters. The monoisotopic (exact) mass is 751 g/mol. The Bertz CT molecular complexity index is 1080. The van der Waals surface area contributed by atoms with Gasteiger partial charge in [-0.25, -0.2) is 0 Å². The van der Waals surface area contributed by atoms with Gasteiger partial charge < -0.3 is 14.5 Å². The SMILES string of the molecule is CCCCCCCCN(CCCCCCCC)CCN(CCCCCCCC)CCCC(=O)OC/C=C(C)/C=C/C=C(C)/C=C/C1=C(C)CCCC1(C)C. The minimum Gasteiger partial charge on any atom is -0.461 e. The zero-order valence-corrected chi connectivity index (χ0v) is 37.4. The molecule has 0 bridgehead atoms. The molecule has 0 atom stereocenters. The van der Waals surface area contributed by atoms with Gasteiger partial charge in [0.25, 0.3) is 0 Å². The number of rotatable bonds is 34. The molecule has 0 N–H and O–H groups in total. The first-order chi connectivity index (χ1) is 26.1. The summed E-state index contributed by atoms with van der Waals surface area (Å²) in [5.74, 6) is -0.0774. The number of hydrogen-bond acceptors (Lipinski definition) is 4. The van der Waals surface area contributed by atoms with Crippen LogP contribution in [0.15, 0.2) is 58.7 Å². The third-order valence-electron chi connectivity index (χ3n) is 11.5. The van der Waals surface area contributed by atoms with E-state index in [-0.39, 0.29) is 11.4 Å². The van der Waals surface area contributed by atoms with Crippen LogP contribution in [0.25, 0.3) is 0 Å². The number of ether oxygens (including phenoxy) is 1. The smallest absolute Gasteiger partial charge is 0.306 e. The molecule has 1 aliphatic carbocycles. The van der Waals surface area contributed by atoms with Gasteiger partial charge in [0, 0.05) is 19.5 Å². The maximum atomic E-state index is 12.7. The average Bonchev–Trinajstić information content (AvgIpc) is 3.13. The molecule has 0 aromatic rings. The molecule has 0 amide bonds. The van der Waals surface area contributed by atoms with Crippen molar-refractivity contribution < 1.29 is 9.53 Å². The number of hydrogen-bond donors (Lipinski definition) is 0. The summed E-state index contributed by atoms with van der Waals surface area (Å²) in [6.07, 6.45) is 42.4. The van der Waals surface area contributed by atoms with Gasteiger partial charge in [-0.2, -0.15) is 0 Å². The Morgan fingerprint density at radius 1 is 0.648 bits per heavy atom. The molecule has 0 aliphatic heterocycles. The summed E-state index contributed by atoms with van der Waals surface area (Å²) < 4.78 is 5.64. The average molecular weight is 751 g/mol. The molecule has 0 spiro atoms. The predicted molar refractivity (Wildman–Crippen MR) is 239 cm³/mol. The highest BCUT2D eigenvalue weighted by Crippen LogP contribution is 2.40. The van der Waals surface area contributed by atoms with Crippen molar-refractivity contribution >= 4 is 5.97 Å². The Kier molecular flexibility index (Phi) is 30.9. The molecule has 0 saturated carbocycles. The van der Waals surface area contributed by atoms with Crippen LogP contribution < -0.4 is 0 Å². The number of carbonyl (C=O) groups is 1. The lowest BCUT2D eigenvalue weighted by Gasteiger charge is -2.32. The topological polar surface area (TPSA) is 32.8 Å². The highest BCUT2D eigenvalue weighted by Gasteiger charge is 2.26. The van der Waals surface area contributed by atoms with Crippen LogP contribution >= 0.6 is 0 Å². The Morgan fingerprint density at radius 2 is 1.13 bits per heavy atom. The Labute approximate surface area is 337 Å². The van der Waals surface area contributed by atoms with Crippen LogP contribution in [0.2, 0.25) is 0 Å². The fourth-order valence-electron chi connectivity index (χ4n) is 7.79. The van der Waals surface area contributed by atoms with E-state index in [0.717, 1.165) is 38.2 Å². The molecule has 0 radical (unpaired) electrons. The second kappa shape index (κ2) is 33.3. The van der Waals surface area contributed by atoms with E-state index in [0.29, 0.717) is 13.0 Å². The molecule has 0 fully saturated rings. The van der Waals surface area contributed by atoms with Crippen molar-refractivity contribution in [1.82, 2.24) is 9.80 Å². The molecule has 0 aromatic carbocycles. The van der Waals surface area contributed by atoms with Crippen LogP contribution in [0, 0.1) is 5.41 Å². The standard InChI is InChI=1S/C50H90N2O2/c1-9-12-15-18-21-24-38-51(39-25-22-19-16-13-10-2)42-43-52(40-26-23-20-17-14-11-3)41-29-33-49(53)54-44-36-46(5)31-27-30-45(4)34-35-48-47(6)32-28-37-50(48,7)8/h27,30-31,34-36H,9-26,28-29,32-33,37-44H2,1-8H3/b31-27+,35-34+,45-30+,46-36+. The minimum atomic E-state index is -0.0774. The number of esters is 1. The van der Waals surface area contributed by atoms with Crippen molar-refractivity contribution in [3.63, 3.8) is 0 Å². The lowest BCUT2D eigenvalue weighted by atomic mass is 9.72. The predicted octanol–water partition coefficient (Wildman–Crippen LogP) is 14.5. The Hall–Kier alpha value is -1.91. The molecule has 0 aromatic heterocycles. The summed E-state index contributed by atoms with van der Waals surface area (Å²) in [5.41, 5.74) is 5.64. The third-order valence-corrected chi connectivity index (χ3v) is 11.5. The van der Waals surface area contributed by atoms with Crippen molar-refractivity contribution in [1.29, 1.82) is 0 Å². The second-order valence-electron chi connectivity index (χ2n) is 17.3. The summed E-state index contributed by atoms with van der Waals surface area (Å²) in [7, 11) is 0. The zero-order valence-electron chi connectivity index (χ0n) is 37.4. The van der Waals surface area contributed by atoms with Crippen LogP contribution in [0.4, 0.5) is 0 Å². The molecular formula is C50H90N2O2. The molecule has 312 valence electrons. The number of unbranched alkanes of at least 4 members (excludes halogenated alkanes) is 15. The van der Waals surface area contributed by atoms with Gasteiger partial charge in [-0.3, -0.25) is 4.79 Å². The van der Waals surface area contributed by atoms with Crippen LogP contribution in [0.5, 0.6) is 0 Å². The fraction of sp³-hybridized carbons (Fsp3) is 0.780. The maximum absolute atomic E-state index is 12.7. The lowest BCUT2D eigenvalue weighted by Crippen LogP contribution is -2.37. The molecule has 4 heteroatoms. The Morgan fingerprint density at radius 3 is 1.63 bits per heavy atom. The summed E-state index contributed by atoms with van der Waals surface area (Å²) in [5, 5.41) is 0. The summed E-state index contributed by atoms with van der Waals surface area (Å²) in [4.78, 5) is 18.1. The van der Waals surface area contributed by atoms with E-state index in [1.54, 1.807) is 0 Å². The second-order valence-corrected chi connectivity index (χ2v) is 17.3. The molecule has 0 heterocycles. The van der Waals surface area contributed by atoms with Gasteiger partial charge in [-0.1, -0.05) is 178 Å². The van der Waals surface area contributed by atoms with Crippen molar-refractivity contribution in [2.45, 2.75) is 203 Å². The molecule has 0 saturated heterocycles. The van der Waals surface area contributed by atoms with E-state index in [1.807, 2.05) is 6.08 Å². The first-order valence-electron chi connectivity index (χ1n) is 23.1. The van der Waals surface area contributed by atoms with E-state index in [2.05, 4.69) is 95.6 Å². The number of carbonyl (C=O) groups excluding carboxylic acids is 1. The van der Waals surface area contributed by atoms with Crippen molar-refractivity contribution in [2.75, 3.05) is 45.9 Å². The van der Waals surface area contributed by atoms with E-state index < -0.39 is 0 Å². The van der Waals surface area contributed by atoms with Gasteiger partial charge in [-0.15, -0.1) is 0 Å². The lowest BCUT2D eigenvalue weighted by molar-refractivity contribution is -0.142. The molecule has 1 rings (SSSR count). The van der Waals surface area contributed by atoms with Gasteiger partial charge in [-0.05, 0) is 109 Å². The first kappa shape index (κ1) is 50.1. The van der Waals surface area contributed by atoms with Gasteiger partial charge in [0.2, 0.25) is 0 Å². The van der Waals surface area contributed by atoms with Crippen LogP contribution in [0.1, 0.15) is 203 Å². The molecule has 1 aliphatic rings. The highest BCUT2D eigenvalue weighted by molar-refractivity contribution is 5.69. The minimum absolute atomic E-state index is 0.0774. The summed E-state index contributed by atoms with van der Waals surface area (Å²) in [6, 6.07) is 0. The zero-order chi connectivity index (χ0) is 39.7. The van der Waals surface area contributed by atoms with Crippen molar-refractivity contribution in [3.05, 3.63) is 58.7 Å². The third kappa shape index (κ3) is 26.8. The van der Waals surface area contributed by atoms with Crippen molar-refractivity contribution in [2.24, 2.45) is 5.41 Å². The van der Waals surface area contributed by atoms with Crippen LogP contribution in [-0.4, -0.2) is 61.6 Å². The summed E-state index contributed by atoms with van der Waals surface area (Å²) >= 11 is 0. The van der Waals surface area contributed by atoms with Gasteiger partial charge in [0.15, 0.2) is 0 Å². The number of allylic oxidation sites excluding steroid dienone is 9. The van der Waals surface area contributed by atoms with E-state index >= 15 is 0 Å². The normalized spacial score (nSPS) is 15.5. The highest BCUT2D eigenvalue weighted by atomic mass is 16.5. The quantitative estimate of drug-likeness (QED) is 0.0372. The van der Waals surface area contributed by atoms with Crippen LogP contribution in [-0.2, 0) is 9.53 Å². The molecule has 4 nitrogen and oxygen atoms in total. The first-order valence-corrected chi connectivity index (χ1v) is 23.1. The fourth-order valence-corrected chi connectivity index (χ4v) is 7.79. The molecule has 54 heavy (non-hydrogen) atoms. The Balaban J connectivity index is 2.60. The molecular weight excluding hydrogens is 661 g/mol. The van der Waals surface area contributed by atoms with E-state index in [9.17, 15) is 4.79 Å². The van der Waals surface area contributed by atoms with Gasteiger partial charge >= 0.3 is 5.97 Å². The van der Waals surface area contributed by atoms with Crippen LogP contribution in [0.3, 0.4) is 0 Å². The van der Waals surface area contributed by atoms with Gasteiger partial charge in [0.1, 0.15) is 6.61 Å².